The number of anilines is 1. The molecule has 1 aliphatic carbocycles. The number of pyridine rings is 1. The number of carbonyl (C=O) groups excluding carboxylic acids is 1. The van der Waals surface area contributed by atoms with E-state index in [-0.39, 0.29) is 27.6 Å². The number of thioether (sulfide) groups is 1. The molecule has 2 heterocycles. The van der Waals surface area contributed by atoms with E-state index < -0.39 is 23.9 Å². The summed E-state index contributed by atoms with van der Waals surface area (Å²) in [4.78, 5) is 20.9. The first-order valence-corrected chi connectivity index (χ1v) is 9.82. The van der Waals surface area contributed by atoms with Gasteiger partial charge < -0.3 is 11.1 Å². The molecular formula is C20H17F2N5OS. The number of halogens is 2. The summed E-state index contributed by atoms with van der Waals surface area (Å²) in [6.45, 7) is 0.793. The Morgan fingerprint density at radius 3 is 2.97 bits per heavy atom. The number of nitriles is 1. The highest BCUT2D eigenvalue weighted by molar-refractivity contribution is 8.14. The molecule has 6 nitrogen and oxygen atoms in total. The monoisotopic (exact) mass is 413 g/mol. The van der Waals surface area contributed by atoms with Gasteiger partial charge in [-0.25, -0.2) is 18.8 Å². The molecule has 29 heavy (non-hydrogen) atoms. The quantitative estimate of drug-likeness (QED) is 0.801. The van der Waals surface area contributed by atoms with Gasteiger partial charge >= 0.3 is 0 Å². The number of carbonyl (C=O) groups is 1. The number of aryl methyl sites for hydroxylation is 1. The highest BCUT2D eigenvalue weighted by Gasteiger charge is 2.58. The van der Waals surface area contributed by atoms with Crippen LogP contribution < -0.4 is 11.1 Å². The Kier molecular flexibility index (Phi) is 4.74. The molecule has 148 valence electrons. The number of aromatic nitrogens is 1. The fourth-order valence-electron chi connectivity index (χ4n) is 3.73. The summed E-state index contributed by atoms with van der Waals surface area (Å²) in [6, 6.07) is 7.51. The first kappa shape index (κ1) is 19.3. The van der Waals surface area contributed by atoms with E-state index in [1.165, 1.54) is 36.2 Å². The minimum atomic E-state index is -1.37. The number of nitrogens with two attached hydrogens (primary N) is 1. The van der Waals surface area contributed by atoms with Crippen LogP contribution in [0.4, 0.5) is 14.5 Å². The molecule has 9 heteroatoms. The van der Waals surface area contributed by atoms with Crippen molar-refractivity contribution in [3.8, 4) is 6.07 Å². The van der Waals surface area contributed by atoms with Gasteiger partial charge in [0.2, 0.25) is 0 Å². The van der Waals surface area contributed by atoms with E-state index in [2.05, 4.69) is 15.3 Å². The summed E-state index contributed by atoms with van der Waals surface area (Å²) in [7, 11) is 0. The molecule has 0 saturated heterocycles. The number of nitrogens with zero attached hydrogens (tertiary/aromatic N) is 3. The molecule has 1 aromatic carbocycles. The number of fused-ring (bicyclic) bond motifs is 1. The van der Waals surface area contributed by atoms with Crippen molar-refractivity contribution < 1.29 is 13.6 Å². The topological polar surface area (TPSA) is 104 Å². The van der Waals surface area contributed by atoms with Gasteiger partial charge in [0.1, 0.15) is 29.8 Å². The van der Waals surface area contributed by atoms with Gasteiger partial charge in [0.25, 0.3) is 5.91 Å². The molecule has 4 rings (SSSR count). The van der Waals surface area contributed by atoms with Gasteiger partial charge in [-0.2, -0.15) is 5.26 Å². The first-order chi connectivity index (χ1) is 13.9. The second-order valence-corrected chi connectivity index (χ2v) is 8.42. The molecule has 1 saturated carbocycles. The lowest BCUT2D eigenvalue weighted by atomic mass is 9.86. The Bertz CT molecular complexity index is 1080. The van der Waals surface area contributed by atoms with Crippen LogP contribution in [0.25, 0.3) is 0 Å². The molecule has 0 unspecified atom stereocenters. The number of rotatable bonds is 4. The Morgan fingerprint density at radius 1 is 1.48 bits per heavy atom. The van der Waals surface area contributed by atoms with E-state index in [0.29, 0.717) is 23.2 Å². The molecule has 0 radical (unpaired) electrons. The number of hydrogen-bond donors (Lipinski definition) is 2. The van der Waals surface area contributed by atoms with Crippen LogP contribution in [0.3, 0.4) is 0 Å². The summed E-state index contributed by atoms with van der Waals surface area (Å²) >= 11 is 1.39. The average molecular weight is 413 g/mol. The molecule has 2 aromatic rings. The lowest BCUT2D eigenvalue weighted by Gasteiger charge is -2.31. The van der Waals surface area contributed by atoms with Crippen molar-refractivity contribution in [2.24, 2.45) is 16.6 Å². The molecular weight excluding hydrogens is 396 g/mol. The molecule has 3 atom stereocenters. The van der Waals surface area contributed by atoms with Crippen LogP contribution in [0.2, 0.25) is 0 Å². The number of amides is 1. The predicted molar refractivity (Wildman–Crippen MR) is 107 cm³/mol. The van der Waals surface area contributed by atoms with Crippen LogP contribution in [0.5, 0.6) is 0 Å². The van der Waals surface area contributed by atoms with Crippen LogP contribution >= 0.6 is 11.8 Å². The first-order valence-electron chi connectivity index (χ1n) is 8.94. The predicted octanol–water partition coefficient (Wildman–Crippen LogP) is 3.27. The highest BCUT2D eigenvalue weighted by Crippen LogP contribution is 2.58. The molecule has 3 N–H and O–H groups in total. The third-order valence-electron chi connectivity index (χ3n) is 5.24. The minimum absolute atomic E-state index is 0.0815. The zero-order valence-electron chi connectivity index (χ0n) is 15.4. The van der Waals surface area contributed by atoms with Crippen LogP contribution in [0.1, 0.15) is 33.6 Å². The van der Waals surface area contributed by atoms with Crippen molar-refractivity contribution >= 4 is 28.5 Å². The molecule has 1 aromatic heterocycles. The second kappa shape index (κ2) is 7.12. The zero-order valence-corrected chi connectivity index (χ0v) is 16.3. The Labute approximate surface area is 170 Å². The van der Waals surface area contributed by atoms with Gasteiger partial charge in [-0.05, 0) is 43.2 Å². The Hall–Kier alpha value is -2.99. The normalized spacial score (nSPS) is 24.8. The van der Waals surface area contributed by atoms with Crippen molar-refractivity contribution in [1.82, 2.24) is 4.98 Å². The van der Waals surface area contributed by atoms with Crippen molar-refractivity contribution in [2.75, 3.05) is 12.0 Å². The smallest absolute Gasteiger partial charge is 0.274 e. The van der Waals surface area contributed by atoms with Gasteiger partial charge in [-0.3, -0.25) is 4.79 Å². The van der Waals surface area contributed by atoms with Crippen molar-refractivity contribution in [3.05, 3.63) is 58.7 Å². The largest absolute Gasteiger partial charge is 0.379 e. The molecule has 2 aliphatic rings. The van der Waals surface area contributed by atoms with Crippen LogP contribution in [0.15, 0.2) is 35.5 Å². The summed E-state index contributed by atoms with van der Waals surface area (Å²) in [6.07, 6.45) is 2.02. The number of benzene rings is 1. The Morgan fingerprint density at radius 2 is 2.28 bits per heavy atom. The van der Waals surface area contributed by atoms with Gasteiger partial charge in [-0.1, -0.05) is 11.8 Å². The number of hydrogen-bond acceptors (Lipinski definition) is 6. The second-order valence-electron chi connectivity index (χ2n) is 7.16. The number of amidine groups is 1. The van der Waals surface area contributed by atoms with Crippen molar-refractivity contribution in [2.45, 2.75) is 24.1 Å². The van der Waals surface area contributed by atoms with Crippen molar-refractivity contribution in [1.29, 1.82) is 5.26 Å². The fourth-order valence-corrected chi connectivity index (χ4v) is 4.94. The van der Waals surface area contributed by atoms with E-state index in [1.54, 1.807) is 13.0 Å². The maximum absolute atomic E-state index is 14.7. The Balaban J connectivity index is 1.67. The summed E-state index contributed by atoms with van der Waals surface area (Å²) in [5.41, 5.74) is 5.89. The molecule has 0 spiro atoms. The van der Waals surface area contributed by atoms with E-state index in [4.69, 9.17) is 11.0 Å². The SMILES string of the molecule is Cc1cc(C#N)cnc1C(=O)Nc1ccc(F)c([C@@]2(CF)N=C(N)S[C@H]3C[C@H]32)c1. The third kappa shape index (κ3) is 3.34. The maximum atomic E-state index is 14.7. The van der Waals surface area contributed by atoms with E-state index >= 15 is 0 Å². The summed E-state index contributed by atoms with van der Waals surface area (Å²) in [5, 5.41) is 12.0. The molecule has 1 amide bonds. The molecule has 1 fully saturated rings. The maximum Gasteiger partial charge on any atom is 0.274 e. The lowest BCUT2D eigenvalue weighted by molar-refractivity contribution is 0.102. The fraction of sp³-hybridized carbons (Fsp3) is 0.300. The van der Waals surface area contributed by atoms with Gasteiger partial charge in [0.15, 0.2) is 5.17 Å². The van der Waals surface area contributed by atoms with Crippen LogP contribution in [-0.4, -0.2) is 28.0 Å². The van der Waals surface area contributed by atoms with E-state index in [0.717, 1.165) is 0 Å². The standard InChI is InChI=1S/C20H17F2N5OS/c1-10-4-11(7-23)8-25-17(10)18(28)26-12-2-3-15(22)13(5-12)20(9-21)14-6-16(14)29-19(24)27-20/h2-5,8,14,16H,6,9H2,1H3,(H2,24,27)(H,26,28)/t14-,16+,20-/m1/s1. The molecule has 0 bridgehead atoms. The number of alkyl halides is 1. The van der Waals surface area contributed by atoms with E-state index in [9.17, 15) is 13.6 Å². The zero-order chi connectivity index (χ0) is 20.8. The minimum Gasteiger partial charge on any atom is -0.379 e. The van der Waals surface area contributed by atoms with Crippen molar-refractivity contribution in [3.63, 3.8) is 0 Å². The summed E-state index contributed by atoms with van der Waals surface area (Å²) < 4.78 is 28.8. The molecule has 1 aliphatic heterocycles. The van der Waals surface area contributed by atoms with Crippen LogP contribution in [0, 0.1) is 30.0 Å². The summed E-state index contributed by atoms with van der Waals surface area (Å²) in [5.74, 6) is -1.24. The van der Waals surface area contributed by atoms with Gasteiger partial charge in [0.05, 0.1) is 5.56 Å². The average Bonchev–Trinajstić information content (AvgIpc) is 3.48. The number of aliphatic imine (C=N–C) groups is 1. The highest BCUT2D eigenvalue weighted by atomic mass is 32.2. The number of nitrogens with one attached hydrogen (secondary N) is 1. The van der Waals surface area contributed by atoms with Crippen LogP contribution in [-0.2, 0) is 5.54 Å². The van der Waals surface area contributed by atoms with E-state index in [1.807, 2.05) is 6.07 Å². The van der Waals surface area contributed by atoms with Gasteiger partial charge in [0, 0.05) is 28.6 Å². The lowest BCUT2D eigenvalue weighted by Crippen LogP contribution is -2.36. The third-order valence-corrected chi connectivity index (χ3v) is 6.40. The van der Waals surface area contributed by atoms with Gasteiger partial charge in [-0.15, -0.1) is 0 Å².